The zero-order chi connectivity index (χ0) is 15.5. The van der Waals surface area contributed by atoms with Crippen LogP contribution in [0, 0.1) is 0 Å². The first-order valence-electron chi connectivity index (χ1n) is 7.87. The summed E-state index contributed by atoms with van der Waals surface area (Å²) in [6.45, 7) is 5.62. The fourth-order valence-corrected chi connectivity index (χ4v) is 2.70. The molecular weight excluding hydrogens is 274 g/mol. The Bertz CT molecular complexity index is 634. The maximum atomic E-state index is 6.36. The van der Waals surface area contributed by atoms with Crippen LogP contribution in [0.5, 0.6) is 11.5 Å². The molecule has 2 aromatic carbocycles. The number of hydrogen-bond donors (Lipinski definition) is 1. The van der Waals surface area contributed by atoms with Gasteiger partial charge in [-0.15, -0.1) is 0 Å². The molecule has 1 aliphatic rings. The molecule has 0 saturated heterocycles. The summed E-state index contributed by atoms with van der Waals surface area (Å²) in [5.41, 5.74) is 10.1. The summed E-state index contributed by atoms with van der Waals surface area (Å²) >= 11 is 0. The van der Waals surface area contributed by atoms with Gasteiger partial charge in [0, 0.05) is 6.04 Å². The number of ether oxygens (including phenoxy) is 2. The predicted molar refractivity (Wildman–Crippen MR) is 88.6 cm³/mol. The van der Waals surface area contributed by atoms with Gasteiger partial charge in [0.25, 0.3) is 0 Å². The number of rotatable bonds is 4. The largest absolute Gasteiger partial charge is 0.486 e. The maximum Gasteiger partial charge on any atom is 0.161 e. The van der Waals surface area contributed by atoms with E-state index >= 15 is 0 Å². The van der Waals surface area contributed by atoms with Crippen molar-refractivity contribution in [3.8, 4) is 11.5 Å². The molecule has 0 amide bonds. The lowest BCUT2D eigenvalue weighted by atomic mass is 9.96. The van der Waals surface area contributed by atoms with Gasteiger partial charge in [-0.25, -0.2) is 0 Å². The van der Waals surface area contributed by atoms with Gasteiger partial charge < -0.3 is 15.2 Å². The third-order valence-electron chi connectivity index (χ3n) is 4.10. The molecule has 3 rings (SSSR count). The second-order valence-electron chi connectivity index (χ2n) is 6.11. The summed E-state index contributed by atoms with van der Waals surface area (Å²) < 4.78 is 11.2. The lowest BCUT2D eigenvalue weighted by Gasteiger charge is -2.20. The number of hydrogen-bond acceptors (Lipinski definition) is 3. The number of benzene rings is 2. The Balaban J connectivity index is 1.72. The van der Waals surface area contributed by atoms with E-state index in [1.807, 2.05) is 18.2 Å². The molecule has 0 aliphatic carbocycles. The summed E-state index contributed by atoms with van der Waals surface area (Å²) in [4.78, 5) is 0. The minimum Gasteiger partial charge on any atom is -0.486 e. The first kappa shape index (κ1) is 14.9. The highest BCUT2D eigenvalue weighted by atomic mass is 16.6. The standard InChI is InChI=1S/C19H23NO2/c1-13(2)15-5-3-14(4-6-15)11-17(20)16-7-8-18-19(12-16)22-10-9-21-18/h3-8,12-13,17H,9-11,20H2,1-2H3. The monoisotopic (exact) mass is 297 g/mol. The van der Waals surface area contributed by atoms with Gasteiger partial charge in [-0.2, -0.15) is 0 Å². The van der Waals surface area contributed by atoms with Crippen LogP contribution in [0.3, 0.4) is 0 Å². The van der Waals surface area contributed by atoms with Gasteiger partial charge in [-0.3, -0.25) is 0 Å². The third-order valence-corrected chi connectivity index (χ3v) is 4.10. The Morgan fingerprint density at radius 2 is 1.55 bits per heavy atom. The van der Waals surface area contributed by atoms with Crippen molar-refractivity contribution < 1.29 is 9.47 Å². The molecule has 1 heterocycles. The molecule has 2 N–H and O–H groups in total. The van der Waals surface area contributed by atoms with E-state index in [0.717, 1.165) is 23.5 Å². The van der Waals surface area contributed by atoms with Crippen LogP contribution in [0.25, 0.3) is 0 Å². The zero-order valence-corrected chi connectivity index (χ0v) is 13.2. The van der Waals surface area contributed by atoms with E-state index in [-0.39, 0.29) is 6.04 Å². The van der Waals surface area contributed by atoms with Gasteiger partial charge in [0.2, 0.25) is 0 Å². The highest BCUT2D eigenvalue weighted by Crippen LogP contribution is 2.32. The number of nitrogens with two attached hydrogens (primary N) is 1. The van der Waals surface area contributed by atoms with Crippen molar-refractivity contribution in [2.24, 2.45) is 5.73 Å². The van der Waals surface area contributed by atoms with Gasteiger partial charge in [0.05, 0.1) is 0 Å². The molecule has 0 fully saturated rings. The molecule has 0 saturated carbocycles. The van der Waals surface area contributed by atoms with Crippen molar-refractivity contribution >= 4 is 0 Å². The van der Waals surface area contributed by atoms with Crippen molar-refractivity contribution in [1.82, 2.24) is 0 Å². The molecule has 0 bridgehead atoms. The van der Waals surface area contributed by atoms with Crippen LogP contribution in [0.4, 0.5) is 0 Å². The van der Waals surface area contributed by atoms with E-state index in [4.69, 9.17) is 15.2 Å². The SMILES string of the molecule is CC(C)c1ccc(CC(N)c2ccc3c(c2)OCCO3)cc1. The molecule has 0 radical (unpaired) electrons. The quantitative estimate of drug-likeness (QED) is 0.933. The van der Waals surface area contributed by atoms with Crippen molar-refractivity contribution in [2.75, 3.05) is 13.2 Å². The zero-order valence-electron chi connectivity index (χ0n) is 13.2. The fraction of sp³-hybridized carbons (Fsp3) is 0.368. The Morgan fingerprint density at radius 3 is 2.23 bits per heavy atom. The van der Waals surface area contributed by atoms with E-state index in [9.17, 15) is 0 Å². The topological polar surface area (TPSA) is 44.5 Å². The molecule has 3 nitrogen and oxygen atoms in total. The van der Waals surface area contributed by atoms with Crippen molar-refractivity contribution in [3.05, 3.63) is 59.2 Å². The molecule has 22 heavy (non-hydrogen) atoms. The number of fused-ring (bicyclic) bond motifs is 1. The van der Waals surface area contributed by atoms with Crippen LogP contribution >= 0.6 is 0 Å². The van der Waals surface area contributed by atoms with Gasteiger partial charge >= 0.3 is 0 Å². The van der Waals surface area contributed by atoms with E-state index in [1.165, 1.54) is 11.1 Å². The van der Waals surface area contributed by atoms with Gasteiger partial charge in [0.1, 0.15) is 13.2 Å². The second kappa shape index (κ2) is 6.41. The normalized spacial score (nSPS) is 14.9. The summed E-state index contributed by atoms with van der Waals surface area (Å²) in [7, 11) is 0. The maximum absolute atomic E-state index is 6.36. The lowest BCUT2D eigenvalue weighted by molar-refractivity contribution is 0.171. The molecule has 2 aromatic rings. The summed E-state index contributed by atoms with van der Waals surface area (Å²) in [5, 5.41) is 0. The summed E-state index contributed by atoms with van der Waals surface area (Å²) in [6.07, 6.45) is 0.817. The summed E-state index contributed by atoms with van der Waals surface area (Å²) in [6, 6.07) is 14.7. The Morgan fingerprint density at radius 1 is 0.909 bits per heavy atom. The van der Waals surface area contributed by atoms with E-state index in [0.29, 0.717) is 19.1 Å². The van der Waals surface area contributed by atoms with Crippen LogP contribution in [-0.2, 0) is 6.42 Å². The van der Waals surface area contributed by atoms with Crippen molar-refractivity contribution in [1.29, 1.82) is 0 Å². The van der Waals surface area contributed by atoms with Crippen LogP contribution < -0.4 is 15.2 Å². The Labute approximate surface area is 132 Å². The lowest BCUT2D eigenvalue weighted by Crippen LogP contribution is -2.17. The van der Waals surface area contributed by atoms with Gasteiger partial charge in [-0.1, -0.05) is 44.2 Å². The highest BCUT2D eigenvalue weighted by Gasteiger charge is 2.15. The minimum absolute atomic E-state index is 0.0410. The first-order chi connectivity index (χ1) is 10.6. The molecule has 1 aliphatic heterocycles. The van der Waals surface area contributed by atoms with E-state index in [2.05, 4.69) is 38.1 Å². The van der Waals surface area contributed by atoms with Crippen LogP contribution in [0.15, 0.2) is 42.5 Å². The highest BCUT2D eigenvalue weighted by molar-refractivity contribution is 5.45. The smallest absolute Gasteiger partial charge is 0.161 e. The third kappa shape index (κ3) is 3.25. The first-order valence-corrected chi connectivity index (χ1v) is 7.87. The molecule has 0 aromatic heterocycles. The van der Waals surface area contributed by atoms with E-state index < -0.39 is 0 Å². The molecule has 3 heteroatoms. The van der Waals surface area contributed by atoms with Crippen molar-refractivity contribution in [2.45, 2.75) is 32.2 Å². The van der Waals surface area contributed by atoms with Gasteiger partial charge in [-0.05, 0) is 41.2 Å². The van der Waals surface area contributed by atoms with Crippen LogP contribution in [-0.4, -0.2) is 13.2 Å². The Kier molecular flexibility index (Phi) is 4.34. The van der Waals surface area contributed by atoms with Crippen LogP contribution in [0.2, 0.25) is 0 Å². The average molecular weight is 297 g/mol. The Hall–Kier alpha value is -2.00. The van der Waals surface area contributed by atoms with Crippen LogP contribution in [0.1, 0.15) is 42.5 Å². The predicted octanol–water partition coefficient (Wildman–Crippen LogP) is 3.82. The molecular formula is C19H23NO2. The van der Waals surface area contributed by atoms with Crippen molar-refractivity contribution in [3.63, 3.8) is 0 Å². The molecule has 1 atom stereocenters. The van der Waals surface area contributed by atoms with E-state index in [1.54, 1.807) is 0 Å². The summed E-state index contributed by atoms with van der Waals surface area (Å²) in [5.74, 6) is 2.17. The molecule has 1 unspecified atom stereocenters. The molecule has 116 valence electrons. The fourth-order valence-electron chi connectivity index (χ4n) is 2.70. The minimum atomic E-state index is -0.0410. The average Bonchev–Trinajstić information content (AvgIpc) is 2.55. The second-order valence-corrected chi connectivity index (χ2v) is 6.11. The van der Waals surface area contributed by atoms with Gasteiger partial charge in [0.15, 0.2) is 11.5 Å². The molecule has 0 spiro atoms.